The van der Waals surface area contributed by atoms with E-state index in [1.54, 1.807) is 0 Å². The van der Waals surface area contributed by atoms with Crippen LogP contribution < -0.4 is 10.6 Å². The number of benzene rings is 2. The highest BCUT2D eigenvalue weighted by molar-refractivity contribution is 9.10. The van der Waals surface area contributed by atoms with Crippen molar-refractivity contribution in [2.75, 3.05) is 10.6 Å². The summed E-state index contributed by atoms with van der Waals surface area (Å²) in [5, 5.41) is 11.7. The number of anilines is 2. The Kier molecular flexibility index (Phi) is 4.40. The summed E-state index contributed by atoms with van der Waals surface area (Å²) in [7, 11) is 0. The van der Waals surface area contributed by atoms with Crippen LogP contribution in [0.1, 0.15) is 12.5 Å². The number of aromatic nitrogens is 1. The highest BCUT2D eigenvalue weighted by Gasteiger charge is 2.10. The average Bonchev–Trinajstić information content (AvgIpc) is 2.90. The van der Waals surface area contributed by atoms with E-state index in [0.717, 1.165) is 22.0 Å². The third-order valence-corrected chi connectivity index (χ3v) is 4.01. The first-order valence-electron chi connectivity index (χ1n) is 6.88. The van der Waals surface area contributed by atoms with Crippen LogP contribution in [-0.2, 0) is 6.42 Å². The number of nitrogens with one attached hydrogen (secondary N) is 2. The van der Waals surface area contributed by atoms with Crippen molar-refractivity contribution in [2.24, 2.45) is 0 Å². The van der Waals surface area contributed by atoms with Gasteiger partial charge in [0, 0.05) is 10.2 Å². The molecule has 112 valence electrons. The van der Waals surface area contributed by atoms with Gasteiger partial charge in [-0.25, -0.2) is 0 Å². The summed E-state index contributed by atoms with van der Waals surface area (Å²) >= 11 is 8.82. The summed E-state index contributed by atoms with van der Waals surface area (Å²) < 4.78 is 6.24. The SMILES string of the molecule is CCc1ccccc1NC(=S)Nc1noc2ccc(Br)cc12. The van der Waals surface area contributed by atoms with E-state index < -0.39 is 0 Å². The molecule has 0 unspecified atom stereocenters. The molecule has 0 saturated heterocycles. The van der Waals surface area contributed by atoms with E-state index in [-0.39, 0.29) is 0 Å². The minimum absolute atomic E-state index is 0.482. The first kappa shape index (κ1) is 15.0. The van der Waals surface area contributed by atoms with Crippen molar-refractivity contribution in [3.8, 4) is 0 Å². The third-order valence-electron chi connectivity index (χ3n) is 3.31. The maximum Gasteiger partial charge on any atom is 0.183 e. The van der Waals surface area contributed by atoms with Gasteiger partial charge in [0.2, 0.25) is 0 Å². The molecular formula is C16H14BrN3OS. The Labute approximate surface area is 142 Å². The van der Waals surface area contributed by atoms with Crippen molar-refractivity contribution in [3.05, 3.63) is 52.5 Å². The van der Waals surface area contributed by atoms with Crippen LogP contribution in [0.15, 0.2) is 51.5 Å². The van der Waals surface area contributed by atoms with Crippen molar-refractivity contribution in [1.29, 1.82) is 0 Å². The molecule has 2 aromatic carbocycles. The van der Waals surface area contributed by atoms with Crippen LogP contribution in [0.2, 0.25) is 0 Å². The monoisotopic (exact) mass is 375 g/mol. The first-order valence-corrected chi connectivity index (χ1v) is 8.08. The zero-order valence-electron chi connectivity index (χ0n) is 11.9. The van der Waals surface area contributed by atoms with Crippen LogP contribution in [0.4, 0.5) is 11.5 Å². The highest BCUT2D eigenvalue weighted by atomic mass is 79.9. The Hall–Kier alpha value is -1.92. The Morgan fingerprint density at radius 3 is 2.86 bits per heavy atom. The molecular weight excluding hydrogens is 362 g/mol. The molecule has 0 aliphatic carbocycles. The quantitative estimate of drug-likeness (QED) is 0.633. The number of rotatable bonds is 3. The van der Waals surface area contributed by atoms with Gasteiger partial charge in [0.1, 0.15) is 0 Å². The van der Waals surface area contributed by atoms with Gasteiger partial charge >= 0.3 is 0 Å². The van der Waals surface area contributed by atoms with E-state index in [2.05, 4.69) is 44.7 Å². The molecule has 0 saturated carbocycles. The van der Waals surface area contributed by atoms with Crippen LogP contribution in [0.25, 0.3) is 11.0 Å². The lowest BCUT2D eigenvalue weighted by Gasteiger charge is -2.12. The minimum Gasteiger partial charge on any atom is -0.354 e. The zero-order valence-corrected chi connectivity index (χ0v) is 14.3. The lowest BCUT2D eigenvalue weighted by atomic mass is 10.1. The van der Waals surface area contributed by atoms with Crippen LogP contribution in [0, 0.1) is 0 Å². The fraction of sp³-hybridized carbons (Fsp3) is 0.125. The highest BCUT2D eigenvalue weighted by Crippen LogP contribution is 2.26. The summed E-state index contributed by atoms with van der Waals surface area (Å²) in [5.74, 6) is 0.600. The summed E-state index contributed by atoms with van der Waals surface area (Å²) in [6, 6.07) is 13.8. The van der Waals surface area contributed by atoms with Crippen molar-refractivity contribution in [1.82, 2.24) is 5.16 Å². The zero-order chi connectivity index (χ0) is 15.5. The van der Waals surface area contributed by atoms with Gasteiger partial charge in [0.05, 0.1) is 5.39 Å². The molecule has 22 heavy (non-hydrogen) atoms. The van der Waals surface area contributed by atoms with Crippen molar-refractivity contribution in [3.63, 3.8) is 0 Å². The van der Waals surface area contributed by atoms with Gasteiger partial charge in [0.15, 0.2) is 16.5 Å². The van der Waals surface area contributed by atoms with Gasteiger partial charge in [-0.3, -0.25) is 0 Å². The second-order valence-electron chi connectivity index (χ2n) is 4.76. The van der Waals surface area contributed by atoms with Crippen LogP contribution in [0.5, 0.6) is 0 Å². The molecule has 2 N–H and O–H groups in total. The second kappa shape index (κ2) is 6.46. The summed E-state index contributed by atoms with van der Waals surface area (Å²) in [6.07, 6.45) is 0.936. The summed E-state index contributed by atoms with van der Waals surface area (Å²) in [4.78, 5) is 0. The molecule has 0 aliphatic heterocycles. The normalized spacial score (nSPS) is 10.6. The van der Waals surface area contributed by atoms with Gasteiger partial charge < -0.3 is 15.2 Å². The van der Waals surface area contributed by atoms with Gasteiger partial charge in [-0.05, 0) is 48.5 Å². The molecule has 3 aromatic rings. The lowest BCUT2D eigenvalue weighted by Crippen LogP contribution is -2.20. The van der Waals surface area contributed by atoms with E-state index in [0.29, 0.717) is 16.5 Å². The average molecular weight is 376 g/mol. The summed E-state index contributed by atoms with van der Waals surface area (Å²) in [5.41, 5.74) is 2.92. The van der Waals surface area contributed by atoms with E-state index >= 15 is 0 Å². The van der Waals surface area contributed by atoms with Gasteiger partial charge in [0.25, 0.3) is 0 Å². The predicted octanol–water partition coefficient (Wildman–Crippen LogP) is 4.96. The maximum absolute atomic E-state index is 5.37. The van der Waals surface area contributed by atoms with Crippen molar-refractivity contribution >= 4 is 55.7 Å². The molecule has 4 nitrogen and oxygen atoms in total. The second-order valence-corrected chi connectivity index (χ2v) is 6.09. The fourth-order valence-electron chi connectivity index (χ4n) is 2.21. The third kappa shape index (κ3) is 3.13. The van der Waals surface area contributed by atoms with Crippen molar-refractivity contribution in [2.45, 2.75) is 13.3 Å². The van der Waals surface area contributed by atoms with Crippen LogP contribution >= 0.6 is 28.1 Å². The maximum atomic E-state index is 5.37. The topological polar surface area (TPSA) is 50.1 Å². The number of para-hydroxylation sites is 1. The van der Waals surface area contributed by atoms with Gasteiger partial charge in [-0.1, -0.05) is 46.2 Å². The van der Waals surface area contributed by atoms with Gasteiger partial charge in [-0.2, -0.15) is 0 Å². The van der Waals surface area contributed by atoms with E-state index in [4.69, 9.17) is 16.7 Å². The first-order chi connectivity index (χ1) is 10.7. The Bertz CT molecular complexity index is 831. The van der Waals surface area contributed by atoms with E-state index in [9.17, 15) is 0 Å². The molecule has 6 heteroatoms. The lowest BCUT2D eigenvalue weighted by molar-refractivity contribution is 0.460. The number of fused-ring (bicyclic) bond motifs is 1. The van der Waals surface area contributed by atoms with Crippen molar-refractivity contribution < 1.29 is 4.52 Å². The Morgan fingerprint density at radius 1 is 1.23 bits per heavy atom. The Balaban J connectivity index is 1.80. The molecule has 3 rings (SSSR count). The van der Waals surface area contributed by atoms with E-state index in [1.165, 1.54) is 5.56 Å². The number of halogens is 1. The largest absolute Gasteiger partial charge is 0.354 e. The number of aryl methyl sites for hydroxylation is 1. The predicted molar refractivity (Wildman–Crippen MR) is 97.4 cm³/mol. The molecule has 0 amide bonds. The Morgan fingerprint density at radius 2 is 2.05 bits per heavy atom. The fourth-order valence-corrected chi connectivity index (χ4v) is 2.78. The molecule has 1 heterocycles. The molecule has 1 aromatic heterocycles. The molecule has 0 spiro atoms. The molecule has 0 aliphatic rings. The van der Waals surface area contributed by atoms with E-state index in [1.807, 2.05) is 36.4 Å². The van der Waals surface area contributed by atoms with Crippen LogP contribution in [-0.4, -0.2) is 10.3 Å². The van der Waals surface area contributed by atoms with Crippen LogP contribution in [0.3, 0.4) is 0 Å². The molecule has 0 fully saturated rings. The standard InChI is InChI=1S/C16H14BrN3OS/c1-2-10-5-3-4-6-13(10)18-16(22)19-15-12-9-11(17)7-8-14(12)21-20-15/h3-9H,2H2,1H3,(H2,18,19,20,22). The van der Waals surface area contributed by atoms with Gasteiger partial charge in [-0.15, -0.1) is 0 Å². The summed E-state index contributed by atoms with van der Waals surface area (Å²) in [6.45, 7) is 2.11. The number of thiocarbonyl (C=S) groups is 1. The number of hydrogen-bond donors (Lipinski definition) is 2. The minimum atomic E-state index is 0.482. The molecule has 0 bridgehead atoms. The molecule has 0 atom stereocenters. The number of hydrogen-bond acceptors (Lipinski definition) is 3. The molecule has 0 radical (unpaired) electrons. The smallest absolute Gasteiger partial charge is 0.183 e. The number of nitrogens with zero attached hydrogens (tertiary/aromatic N) is 1.